The van der Waals surface area contributed by atoms with E-state index >= 15 is 0 Å². The van der Waals surface area contributed by atoms with Crippen molar-refractivity contribution in [2.75, 3.05) is 0 Å². The molecule has 0 fully saturated rings. The number of carboxylic acids is 1. The van der Waals surface area contributed by atoms with Crippen molar-refractivity contribution in [2.24, 2.45) is 0 Å². The molecule has 3 nitrogen and oxygen atoms in total. The van der Waals surface area contributed by atoms with Crippen LogP contribution in [0.25, 0.3) is 0 Å². The number of ether oxygens (including phenoxy) is 1. The minimum atomic E-state index is -1.01. The Morgan fingerprint density at radius 1 is 1.11 bits per heavy atom. The second-order valence-electron chi connectivity index (χ2n) is 4.05. The van der Waals surface area contributed by atoms with Crippen LogP contribution in [0.1, 0.15) is 5.56 Å². The highest BCUT2D eigenvalue weighted by Crippen LogP contribution is 2.19. The van der Waals surface area contributed by atoms with E-state index in [9.17, 15) is 9.90 Å². The van der Waals surface area contributed by atoms with Crippen molar-refractivity contribution >= 4 is 17.6 Å². The van der Waals surface area contributed by atoms with Crippen LogP contribution < -0.4 is 4.74 Å². The zero-order chi connectivity index (χ0) is 13.7. The van der Waals surface area contributed by atoms with Crippen LogP contribution in [0.15, 0.2) is 54.6 Å². The van der Waals surface area contributed by atoms with Gasteiger partial charge in [-0.15, -0.1) is 0 Å². The smallest absolute Gasteiger partial charge is 0.345 e. The Morgan fingerprint density at radius 3 is 2.37 bits per heavy atom. The molecule has 98 valence electrons. The second-order valence-corrected chi connectivity index (χ2v) is 4.46. The molecule has 0 bridgehead atoms. The van der Waals surface area contributed by atoms with Gasteiger partial charge in [0.05, 0.1) is 0 Å². The first-order valence-electron chi connectivity index (χ1n) is 5.85. The summed E-state index contributed by atoms with van der Waals surface area (Å²) in [6.45, 7) is 0. The summed E-state index contributed by atoms with van der Waals surface area (Å²) >= 11 is 6.03. The van der Waals surface area contributed by atoms with Gasteiger partial charge in [0.2, 0.25) is 0 Å². The van der Waals surface area contributed by atoms with Gasteiger partial charge in [0.1, 0.15) is 5.75 Å². The average molecular weight is 277 g/mol. The predicted octanol–water partition coefficient (Wildman–Crippen LogP) is 3.41. The number of rotatable bonds is 5. The summed E-state index contributed by atoms with van der Waals surface area (Å²) in [6.07, 6.45) is -0.730. The Morgan fingerprint density at radius 2 is 1.74 bits per heavy atom. The largest absolute Gasteiger partial charge is 0.478 e. The highest BCUT2D eigenvalue weighted by molar-refractivity contribution is 6.31. The molecule has 0 heterocycles. The van der Waals surface area contributed by atoms with E-state index in [1.807, 2.05) is 12.1 Å². The fraction of sp³-hybridized carbons (Fsp3) is 0.133. The fourth-order valence-corrected chi connectivity index (χ4v) is 1.92. The minimum Gasteiger partial charge on any atom is -0.478 e. The molecule has 4 heteroatoms. The molecule has 0 saturated heterocycles. The van der Waals surface area contributed by atoms with Crippen molar-refractivity contribution in [2.45, 2.75) is 12.5 Å². The van der Waals surface area contributed by atoms with Crippen molar-refractivity contribution in [1.82, 2.24) is 0 Å². The van der Waals surface area contributed by atoms with Crippen LogP contribution in [0.3, 0.4) is 0 Å². The molecule has 0 saturated carbocycles. The van der Waals surface area contributed by atoms with Crippen molar-refractivity contribution in [3.63, 3.8) is 0 Å². The Kier molecular flexibility index (Phi) is 4.42. The first-order valence-corrected chi connectivity index (χ1v) is 6.22. The van der Waals surface area contributed by atoms with Crippen LogP contribution in [0.2, 0.25) is 5.02 Å². The highest BCUT2D eigenvalue weighted by Gasteiger charge is 2.21. The quantitative estimate of drug-likeness (QED) is 0.910. The van der Waals surface area contributed by atoms with E-state index in [-0.39, 0.29) is 6.42 Å². The maximum Gasteiger partial charge on any atom is 0.345 e. The summed E-state index contributed by atoms with van der Waals surface area (Å²) in [4.78, 5) is 11.3. The number of para-hydroxylation sites is 1. The number of carboxylic acid groups (broad SMARTS) is 1. The number of hydrogen-bond acceptors (Lipinski definition) is 2. The lowest BCUT2D eigenvalue weighted by Gasteiger charge is -2.15. The molecule has 0 radical (unpaired) electrons. The number of halogens is 1. The molecule has 0 aliphatic heterocycles. The zero-order valence-electron chi connectivity index (χ0n) is 10.1. The van der Waals surface area contributed by atoms with Gasteiger partial charge in [-0.05, 0) is 23.8 Å². The van der Waals surface area contributed by atoms with Crippen molar-refractivity contribution in [1.29, 1.82) is 0 Å². The average Bonchev–Trinajstić information content (AvgIpc) is 2.41. The minimum absolute atomic E-state index is 0.226. The fourth-order valence-electron chi connectivity index (χ4n) is 1.71. The number of benzene rings is 2. The van der Waals surface area contributed by atoms with E-state index < -0.39 is 12.1 Å². The number of carbonyl (C=O) groups is 1. The Bertz CT molecular complexity index is 554. The molecular weight excluding hydrogens is 264 g/mol. The van der Waals surface area contributed by atoms with Crippen LogP contribution in [0.5, 0.6) is 5.75 Å². The van der Waals surface area contributed by atoms with Crippen LogP contribution in [0.4, 0.5) is 0 Å². The Hall–Kier alpha value is -2.00. The maximum atomic E-state index is 11.3. The third kappa shape index (κ3) is 3.73. The van der Waals surface area contributed by atoms with Gasteiger partial charge in [-0.2, -0.15) is 0 Å². The standard InChI is InChI=1S/C15H13ClO3/c16-13-9-5-4-6-11(13)10-14(15(17)18)19-12-7-2-1-3-8-12/h1-9,14H,10H2,(H,17,18)/t14-/m1/s1. The van der Waals surface area contributed by atoms with E-state index in [2.05, 4.69) is 0 Å². The number of hydrogen-bond donors (Lipinski definition) is 1. The lowest BCUT2D eigenvalue weighted by molar-refractivity contribution is -0.145. The predicted molar refractivity (Wildman–Crippen MR) is 73.6 cm³/mol. The van der Waals surface area contributed by atoms with Gasteiger partial charge in [-0.25, -0.2) is 4.79 Å². The van der Waals surface area contributed by atoms with Crippen LogP contribution >= 0.6 is 11.6 Å². The second kappa shape index (κ2) is 6.25. The van der Waals surface area contributed by atoms with Crippen LogP contribution in [-0.2, 0) is 11.2 Å². The van der Waals surface area contributed by atoms with Crippen molar-refractivity contribution in [3.8, 4) is 5.75 Å². The molecule has 0 unspecified atom stereocenters. The van der Waals surface area contributed by atoms with Crippen molar-refractivity contribution in [3.05, 3.63) is 65.2 Å². The van der Waals surface area contributed by atoms with Gasteiger partial charge < -0.3 is 9.84 Å². The van der Waals surface area contributed by atoms with Gasteiger partial charge >= 0.3 is 5.97 Å². The summed E-state index contributed by atoms with van der Waals surface area (Å²) in [5, 5.41) is 9.77. The molecule has 0 aromatic heterocycles. The zero-order valence-corrected chi connectivity index (χ0v) is 10.9. The van der Waals surface area contributed by atoms with Gasteiger partial charge in [-0.1, -0.05) is 48.0 Å². The molecule has 2 rings (SSSR count). The molecule has 0 aliphatic rings. The molecule has 1 atom stereocenters. The molecule has 2 aromatic carbocycles. The molecular formula is C15H13ClO3. The number of aliphatic carboxylic acids is 1. The highest BCUT2D eigenvalue weighted by atomic mass is 35.5. The van der Waals surface area contributed by atoms with E-state index in [0.29, 0.717) is 10.8 Å². The normalized spacial score (nSPS) is 11.8. The van der Waals surface area contributed by atoms with Crippen LogP contribution in [-0.4, -0.2) is 17.2 Å². The Labute approximate surface area is 116 Å². The lowest BCUT2D eigenvalue weighted by Crippen LogP contribution is -2.29. The van der Waals surface area contributed by atoms with Gasteiger partial charge in [0.25, 0.3) is 0 Å². The third-order valence-corrected chi connectivity index (χ3v) is 3.03. The summed E-state index contributed by atoms with van der Waals surface area (Å²) in [7, 11) is 0. The van der Waals surface area contributed by atoms with E-state index in [0.717, 1.165) is 5.56 Å². The summed E-state index contributed by atoms with van der Waals surface area (Å²) in [5.74, 6) is -0.481. The first kappa shape index (κ1) is 13.4. The third-order valence-electron chi connectivity index (χ3n) is 2.66. The molecule has 2 aromatic rings. The summed E-state index contributed by atoms with van der Waals surface area (Å²) < 4.78 is 5.48. The summed E-state index contributed by atoms with van der Waals surface area (Å²) in [6, 6.07) is 16.0. The van der Waals surface area contributed by atoms with E-state index in [4.69, 9.17) is 16.3 Å². The summed E-state index contributed by atoms with van der Waals surface area (Å²) in [5.41, 5.74) is 0.757. The molecule has 0 spiro atoms. The van der Waals surface area contributed by atoms with Gasteiger partial charge in [0, 0.05) is 11.4 Å². The molecule has 1 N–H and O–H groups in total. The topological polar surface area (TPSA) is 46.5 Å². The van der Waals surface area contributed by atoms with E-state index in [1.165, 1.54) is 0 Å². The van der Waals surface area contributed by atoms with Crippen molar-refractivity contribution < 1.29 is 14.6 Å². The van der Waals surface area contributed by atoms with Crippen LogP contribution in [0, 0.1) is 0 Å². The van der Waals surface area contributed by atoms with Gasteiger partial charge in [0.15, 0.2) is 6.10 Å². The molecule has 0 aliphatic carbocycles. The SMILES string of the molecule is O=C(O)[C@@H](Cc1ccccc1Cl)Oc1ccccc1. The molecule has 19 heavy (non-hydrogen) atoms. The van der Waals surface area contributed by atoms with Gasteiger partial charge in [-0.3, -0.25) is 0 Å². The Balaban J connectivity index is 2.13. The van der Waals surface area contributed by atoms with E-state index in [1.54, 1.807) is 42.5 Å². The molecule has 0 amide bonds. The maximum absolute atomic E-state index is 11.3. The monoisotopic (exact) mass is 276 g/mol. The first-order chi connectivity index (χ1) is 9.16. The lowest BCUT2D eigenvalue weighted by atomic mass is 10.1.